The largest absolute Gasteiger partial charge is 0.265 e. The van der Waals surface area contributed by atoms with Crippen molar-refractivity contribution in [3.8, 4) is 21.8 Å². The molecule has 2 heterocycles. The minimum absolute atomic E-state index is 0.742. The number of rotatable bonds is 2. The number of hydrogen-bond acceptors (Lipinski definition) is 3. The summed E-state index contributed by atoms with van der Waals surface area (Å²) in [5, 5.41) is 1.76. The number of aryl methyl sites for hydroxylation is 1. The van der Waals surface area contributed by atoms with Crippen LogP contribution >= 0.6 is 22.9 Å². The molecule has 0 amide bonds. The van der Waals surface area contributed by atoms with Crippen LogP contribution < -0.4 is 0 Å². The maximum absolute atomic E-state index is 5.92. The number of aromatic nitrogens is 2. The number of halogens is 1. The Bertz CT molecular complexity index is 690. The van der Waals surface area contributed by atoms with Crippen molar-refractivity contribution in [1.29, 1.82) is 0 Å². The topological polar surface area (TPSA) is 25.8 Å². The Morgan fingerprint density at radius 3 is 2.32 bits per heavy atom. The molecule has 2 aromatic heterocycles. The molecule has 0 bridgehead atoms. The zero-order chi connectivity index (χ0) is 13.2. The lowest BCUT2D eigenvalue weighted by Gasteiger charge is -1.98. The van der Waals surface area contributed by atoms with E-state index in [9.17, 15) is 0 Å². The summed E-state index contributed by atoms with van der Waals surface area (Å²) in [6.45, 7) is 2.09. The molecule has 0 radical (unpaired) electrons. The molecule has 0 unspecified atom stereocenters. The van der Waals surface area contributed by atoms with Gasteiger partial charge in [-0.3, -0.25) is 4.98 Å². The van der Waals surface area contributed by atoms with E-state index < -0.39 is 0 Å². The maximum atomic E-state index is 5.92. The summed E-state index contributed by atoms with van der Waals surface area (Å²) in [5.74, 6) is 0. The predicted octanol–water partition coefficient (Wildman–Crippen LogP) is 4.83. The molecule has 4 heteroatoms. The first kappa shape index (κ1) is 12.3. The standard InChI is InChI=1S/C15H11ClN2S/c1-10-14(11-2-4-13(16)5-3-11)18-15(19-10)12-6-8-17-9-7-12/h2-9H,1H3. The second-order valence-corrected chi connectivity index (χ2v) is 5.81. The highest BCUT2D eigenvalue weighted by Gasteiger charge is 2.10. The van der Waals surface area contributed by atoms with Crippen molar-refractivity contribution in [2.45, 2.75) is 6.92 Å². The zero-order valence-electron chi connectivity index (χ0n) is 10.3. The molecule has 0 saturated carbocycles. The van der Waals surface area contributed by atoms with Crippen molar-refractivity contribution in [2.24, 2.45) is 0 Å². The molecule has 0 fully saturated rings. The van der Waals surface area contributed by atoms with Gasteiger partial charge < -0.3 is 0 Å². The summed E-state index contributed by atoms with van der Waals surface area (Å²) in [7, 11) is 0. The average Bonchev–Trinajstić information content (AvgIpc) is 2.83. The Morgan fingerprint density at radius 2 is 1.63 bits per heavy atom. The second-order valence-electron chi connectivity index (χ2n) is 4.17. The molecule has 19 heavy (non-hydrogen) atoms. The highest BCUT2D eigenvalue weighted by molar-refractivity contribution is 7.15. The van der Waals surface area contributed by atoms with Gasteiger partial charge in [-0.1, -0.05) is 23.7 Å². The lowest BCUT2D eigenvalue weighted by Crippen LogP contribution is -1.81. The molecular formula is C15H11ClN2S. The van der Waals surface area contributed by atoms with E-state index in [0.29, 0.717) is 0 Å². The van der Waals surface area contributed by atoms with E-state index in [1.165, 1.54) is 4.88 Å². The summed E-state index contributed by atoms with van der Waals surface area (Å²) < 4.78 is 0. The fraction of sp³-hybridized carbons (Fsp3) is 0.0667. The molecule has 0 saturated heterocycles. The van der Waals surface area contributed by atoms with Crippen molar-refractivity contribution in [3.63, 3.8) is 0 Å². The molecule has 0 N–H and O–H groups in total. The third-order valence-electron chi connectivity index (χ3n) is 2.84. The number of benzene rings is 1. The van der Waals surface area contributed by atoms with Crippen LogP contribution in [0.25, 0.3) is 21.8 Å². The summed E-state index contributed by atoms with van der Waals surface area (Å²) in [6, 6.07) is 11.7. The van der Waals surface area contributed by atoms with Gasteiger partial charge in [-0.15, -0.1) is 11.3 Å². The van der Waals surface area contributed by atoms with Crippen LogP contribution in [0.1, 0.15) is 4.88 Å². The van der Waals surface area contributed by atoms with Gasteiger partial charge in [-0.2, -0.15) is 0 Å². The zero-order valence-corrected chi connectivity index (χ0v) is 11.9. The lowest BCUT2D eigenvalue weighted by molar-refractivity contribution is 1.31. The van der Waals surface area contributed by atoms with E-state index in [2.05, 4.69) is 11.9 Å². The van der Waals surface area contributed by atoms with E-state index in [-0.39, 0.29) is 0 Å². The number of hydrogen-bond donors (Lipinski definition) is 0. The number of nitrogens with zero attached hydrogens (tertiary/aromatic N) is 2. The van der Waals surface area contributed by atoms with Crippen molar-refractivity contribution in [2.75, 3.05) is 0 Å². The minimum Gasteiger partial charge on any atom is -0.265 e. The van der Waals surface area contributed by atoms with Gasteiger partial charge in [-0.05, 0) is 31.2 Å². The SMILES string of the molecule is Cc1sc(-c2ccncc2)nc1-c1ccc(Cl)cc1. The molecule has 0 aliphatic heterocycles. The molecule has 3 rings (SSSR count). The van der Waals surface area contributed by atoms with Crippen LogP contribution in [-0.2, 0) is 0 Å². The van der Waals surface area contributed by atoms with Crippen LogP contribution in [0.3, 0.4) is 0 Å². The third kappa shape index (κ3) is 2.53. The van der Waals surface area contributed by atoms with Crippen LogP contribution in [0, 0.1) is 6.92 Å². The van der Waals surface area contributed by atoms with Gasteiger partial charge in [-0.25, -0.2) is 4.98 Å². The Kier molecular flexibility index (Phi) is 3.32. The smallest absolute Gasteiger partial charge is 0.124 e. The third-order valence-corrected chi connectivity index (χ3v) is 4.11. The molecule has 3 aromatic rings. The molecule has 1 aromatic carbocycles. The lowest BCUT2D eigenvalue weighted by atomic mass is 10.1. The van der Waals surface area contributed by atoms with Crippen LogP contribution in [0.2, 0.25) is 5.02 Å². The van der Waals surface area contributed by atoms with Crippen LogP contribution in [0.15, 0.2) is 48.8 Å². The second kappa shape index (κ2) is 5.11. The van der Waals surface area contributed by atoms with E-state index in [0.717, 1.165) is 26.9 Å². The molecular weight excluding hydrogens is 276 g/mol. The maximum Gasteiger partial charge on any atom is 0.124 e. The van der Waals surface area contributed by atoms with Gasteiger partial charge in [0.05, 0.1) is 5.69 Å². The van der Waals surface area contributed by atoms with Gasteiger partial charge >= 0.3 is 0 Å². The van der Waals surface area contributed by atoms with E-state index in [1.807, 2.05) is 36.4 Å². The fourth-order valence-electron chi connectivity index (χ4n) is 1.89. The summed E-state index contributed by atoms with van der Waals surface area (Å²) in [6.07, 6.45) is 3.57. The summed E-state index contributed by atoms with van der Waals surface area (Å²) in [5.41, 5.74) is 3.22. The van der Waals surface area contributed by atoms with Crippen LogP contribution in [0.5, 0.6) is 0 Å². The van der Waals surface area contributed by atoms with Gasteiger partial charge in [0, 0.05) is 33.4 Å². The molecule has 0 atom stereocenters. The first-order valence-corrected chi connectivity index (χ1v) is 7.07. The van der Waals surface area contributed by atoms with Crippen LogP contribution in [0.4, 0.5) is 0 Å². The minimum atomic E-state index is 0.742. The predicted molar refractivity (Wildman–Crippen MR) is 80.5 cm³/mol. The van der Waals surface area contributed by atoms with Crippen molar-refractivity contribution >= 4 is 22.9 Å². The Balaban J connectivity index is 2.05. The van der Waals surface area contributed by atoms with Gasteiger partial charge in [0.25, 0.3) is 0 Å². The molecule has 0 aliphatic rings. The van der Waals surface area contributed by atoms with E-state index in [4.69, 9.17) is 16.6 Å². The first-order valence-electron chi connectivity index (χ1n) is 5.88. The number of pyridine rings is 1. The molecule has 0 aliphatic carbocycles. The monoisotopic (exact) mass is 286 g/mol. The quantitative estimate of drug-likeness (QED) is 0.674. The summed E-state index contributed by atoms with van der Waals surface area (Å²) in [4.78, 5) is 9.96. The average molecular weight is 287 g/mol. The van der Waals surface area contributed by atoms with E-state index in [1.54, 1.807) is 23.7 Å². The molecule has 94 valence electrons. The fourth-order valence-corrected chi connectivity index (χ4v) is 2.96. The highest BCUT2D eigenvalue weighted by atomic mass is 35.5. The van der Waals surface area contributed by atoms with Crippen molar-refractivity contribution < 1.29 is 0 Å². The van der Waals surface area contributed by atoms with Gasteiger partial charge in [0.1, 0.15) is 5.01 Å². The normalized spacial score (nSPS) is 10.6. The van der Waals surface area contributed by atoms with Gasteiger partial charge in [0.15, 0.2) is 0 Å². The van der Waals surface area contributed by atoms with Crippen molar-refractivity contribution in [1.82, 2.24) is 9.97 Å². The van der Waals surface area contributed by atoms with Crippen LogP contribution in [-0.4, -0.2) is 9.97 Å². The first-order chi connectivity index (χ1) is 9.24. The Hall–Kier alpha value is -1.71. The number of thiazole rings is 1. The Morgan fingerprint density at radius 1 is 0.947 bits per heavy atom. The molecule has 2 nitrogen and oxygen atoms in total. The van der Waals surface area contributed by atoms with E-state index >= 15 is 0 Å². The Labute approximate surface area is 120 Å². The van der Waals surface area contributed by atoms with Crippen molar-refractivity contribution in [3.05, 3.63) is 58.7 Å². The van der Waals surface area contributed by atoms with Gasteiger partial charge in [0.2, 0.25) is 0 Å². The molecule has 0 spiro atoms. The highest BCUT2D eigenvalue weighted by Crippen LogP contribution is 2.33. The summed E-state index contributed by atoms with van der Waals surface area (Å²) >= 11 is 7.61.